The van der Waals surface area contributed by atoms with Crippen LogP contribution in [0.3, 0.4) is 0 Å². The molecule has 0 aliphatic heterocycles. The van der Waals surface area contributed by atoms with Crippen LogP contribution in [0.5, 0.6) is 0 Å². The van der Waals surface area contributed by atoms with Crippen LogP contribution in [0.4, 0.5) is 5.82 Å². The van der Waals surface area contributed by atoms with Crippen LogP contribution < -0.4 is 11.1 Å². The Labute approximate surface area is 269 Å². The molecule has 0 radical (unpaired) electrons. The number of aryl methyl sites for hydroxylation is 1. The lowest BCUT2D eigenvalue weighted by atomic mass is 9.79. The molecule has 1 aliphatic rings. The largest absolute Gasteiger partial charge is 0.382 e. The van der Waals surface area contributed by atoms with Gasteiger partial charge in [-0.25, -0.2) is 14.5 Å². The second-order valence-corrected chi connectivity index (χ2v) is 12.0. The summed E-state index contributed by atoms with van der Waals surface area (Å²) in [6.07, 6.45) is 7.40. The van der Waals surface area contributed by atoms with Crippen molar-refractivity contribution >= 4 is 33.9 Å². The van der Waals surface area contributed by atoms with E-state index in [-0.39, 0.29) is 17.7 Å². The number of ketones is 1. The number of carbonyl (C=O) groups is 2. The molecule has 5 rings (SSSR count). The van der Waals surface area contributed by atoms with Crippen molar-refractivity contribution < 1.29 is 23.8 Å². The number of nitrogens with two attached hydrogens (primary N) is 1. The number of ether oxygens (including phenoxy) is 3. The summed E-state index contributed by atoms with van der Waals surface area (Å²) in [6, 6.07) is 8.31. The molecule has 1 aromatic carbocycles. The number of nitrogens with one attached hydrogen (secondary N) is 2. The number of imidazole rings is 1. The fourth-order valence-corrected chi connectivity index (χ4v) is 6.17. The van der Waals surface area contributed by atoms with E-state index in [1.54, 1.807) is 0 Å². The summed E-state index contributed by atoms with van der Waals surface area (Å²) >= 11 is 0. The molecule has 1 aliphatic carbocycles. The highest BCUT2D eigenvalue weighted by Crippen LogP contribution is 2.39. The minimum Gasteiger partial charge on any atom is -0.382 e. The van der Waals surface area contributed by atoms with Crippen LogP contribution in [0.2, 0.25) is 0 Å². The minimum atomic E-state index is -0.0329. The van der Waals surface area contributed by atoms with Gasteiger partial charge >= 0.3 is 0 Å². The van der Waals surface area contributed by atoms with E-state index < -0.39 is 0 Å². The maximum atomic E-state index is 13.0. The number of anilines is 1. The molecule has 1 fully saturated rings. The molecule has 12 nitrogen and oxygen atoms in total. The number of nitrogen functional groups attached to an aromatic ring is 1. The standard InChI is InChI=1S/C34H47N7O5/c1-3-15-44-17-13-29(43)36-14-18-46-20-19-45-16-5-8-28(42)24-9-11-25(12-10-24)34-40-31(32-33(35)37-22-38-41(32)34)27-21-26-7-4-6-23(2)30(26)39-27/h4,6-7,21-22,24-25,39H,3,5,8-20H2,1-2H3,(H,36,43)(H2,35,37,38). The zero-order valence-corrected chi connectivity index (χ0v) is 27.1. The molecule has 3 heterocycles. The molecule has 0 bridgehead atoms. The number of aromatic amines is 1. The van der Waals surface area contributed by atoms with Crippen molar-refractivity contribution in [1.82, 2.24) is 29.9 Å². The average molecular weight is 634 g/mol. The number of carbonyl (C=O) groups excluding carboxylic acids is 2. The minimum absolute atomic E-state index is 0.0329. The van der Waals surface area contributed by atoms with Gasteiger partial charge in [-0.05, 0) is 57.1 Å². The predicted octanol–water partition coefficient (Wildman–Crippen LogP) is 4.75. The van der Waals surface area contributed by atoms with E-state index in [4.69, 9.17) is 24.9 Å². The second-order valence-electron chi connectivity index (χ2n) is 12.0. The number of para-hydroxylation sites is 1. The summed E-state index contributed by atoms with van der Waals surface area (Å²) in [5.41, 5.74) is 10.9. The highest BCUT2D eigenvalue weighted by molar-refractivity contribution is 5.92. The fraction of sp³-hybridized carbons (Fsp3) is 0.559. The highest BCUT2D eigenvalue weighted by atomic mass is 16.5. The first-order valence-corrected chi connectivity index (χ1v) is 16.6. The van der Waals surface area contributed by atoms with Gasteiger partial charge in [0.05, 0.1) is 32.1 Å². The number of hydrogen-bond donors (Lipinski definition) is 3. The lowest BCUT2D eigenvalue weighted by Crippen LogP contribution is -2.28. The first kappa shape index (κ1) is 33.5. The van der Waals surface area contributed by atoms with Crippen molar-refractivity contribution in [2.24, 2.45) is 5.92 Å². The van der Waals surface area contributed by atoms with Crippen molar-refractivity contribution in [3.8, 4) is 11.4 Å². The molecule has 0 spiro atoms. The van der Waals surface area contributed by atoms with Gasteiger partial charge < -0.3 is 30.2 Å². The molecule has 248 valence electrons. The number of fused-ring (bicyclic) bond motifs is 2. The molecule has 12 heteroatoms. The molecule has 1 saturated carbocycles. The van der Waals surface area contributed by atoms with Gasteiger partial charge in [-0.15, -0.1) is 0 Å². The Hall–Kier alpha value is -3.87. The zero-order valence-electron chi connectivity index (χ0n) is 27.1. The van der Waals surface area contributed by atoms with Crippen LogP contribution >= 0.6 is 0 Å². The summed E-state index contributed by atoms with van der Waals surface area (Å²) in [4.78, 5) is 37.5. The van der Waals surface area contributed by atoms with Gasteiger partial charge in [-0.2, -0.15) is 5.10 Å². The van der Waals surface area contributed by atoms with E-state index in [1.165, 1.54) is 11.9 Å². The molecular weight excluding hydrogens is 586 g/mol. The second kappa shape index (κ2) is 16.6. The van der Waals surface area contributed by atoms with E-state index in [0.29, 0.717) is 82.6 Å². The van der Waals surface area contributed by atoms with E-state index in [2.05, 4.69) is 45.5 Å². The van der Waals surface area contributed by atoms with E-state index in [9.17, 15) is 9.59 Å². The van der Waals surface area contributed by atoms with Gasteiger partial charge in [0.25, 0.3) is 0 Å². The number of rotatable bonds is 18. The maximum absolute atomic E-state index is 13.0. The Kier molecular flexibility index (Phi) is 12.1. The first-order chi connectivity index (χ1) is 22.5. The fourth-order valence-electron chi connectivity index (χ4n) is 6.17. The van der Waals surface area contributed by atoms with Crippen molar-refractivity contribution in [3.05, 3.63) is 42.0 Å². The number of benzene rings is 1. The number of Topliss-reactive ketones (excluding diaryl/α,β-unsaturated/α-hetero) is 1. The van der Waals surface area contributed by atoms with Gasteiger partial charge in [0, 0.05) is 55.3 Å². The van der Waals surface area contributed by atoms with Crippen LogP contribution in [0, 0.1) is 12.8 Å². The third kappa shape index (κ3) is 8.48. The Morgan fingerprint density at radius 2 is 1.80 bits per heavy atom. The van der Waals surface area contributed by atoms with Crippen molar-refractivity contribution in [3.63, 3.8) is 0 Å². The molecule has 0 atom stereocenters. The maximum Gasteiger partial charge on any atom is 0.222 e. The van der Waals surface area contributed by atoms with Gasteiger partial charge in [-0.1, -0.05) is 25.1 Å². The molecule has 1 amide bonds. The summed E-state index contributed by atoms with van der Waals surface area (Å²) < 4.78 is 18.3. The lowest BCUT2D eigenvalue weighted by Gasteiger charge is -2.26. The van der Waals surface area contributed by atoms with Crippen LogP contribution in [-0.4, -0.2) is 82.4 Å². The van der Waals surface area contributed by atoms with E-state index >= 15 is 0 Å². The average Bonchev–Trinajstić information content (AvgIpc) is 3.68. The number of amides is 1. The van der Waals surface area contributed by atoms with Crippen molar-refractivity contribution in [1.29, 1.82) is 0 Å². The molecule has 0 unspecified atom stereocenters. The third-order valence-corrected chi connectivity index (χ3v) is 8.63. The quantitative estimate of drug-likeness (QED) is 0.131. The number of hydrogen-bond acceptors (Lipinski definition) is 9. The van der Waals surface area contributed by atoms with Crippen molar-refractivity contribution in [2.45, 2.75) is 71.1 Å². The molecule has 46 heavy (non-hydrogen) atoms. The van der Waals surface area contributed by atoms with Crippen LogP contribution in [0.1, 0.15) is 75.6 Å². The Bertz CT molecular complexity index is 1590. The van der Waals surface area contributed by atoms with Crippen LogP contribution in [0.15, 0.2) is 30.6 Å². The SMILES string of the molecule is CCCOCCC(=O)NCCOCCOCCCC(=O)C1CCC(c2nc(-c3cc4cccc(C)c4[nH]3)c3c(N)ncnn23)CC1. The monoisotopic (exact) mass is 633 g/mol. The Morgan fingerprint density at radius 3 is 2.59 bits per heavy atom. The smallest absolute Gasteiger partial charge is 0.222 e. The zero-order chi connectivity index (χ0) is 32.3. The summed E-state index contributed by atoms with van der Waals surface area (Å²) in [6.45, 7) is 7.58. The number of H-pyrrole nitrogens is 1. The predicted molar refractivity (Wildman–Crippen MR) is 177 cm³/mol. The van der Waals surface area contributed by atoms with Gasteiger partial charge in [0.15, 0.2) is 5.82 Å². The first-order valence-electron chi connectivity index (χ1n) is 16.6. The summed E-state index contributed by atoms with van der Waals surface area (Å²) in [5.74, 6) is 1.79. The highest BCUT2D eigenvalue weighted by Gasteiger charge is 2.31. The lowest BCUT2D eigenvalue weighted by molar-refractivity contribution is -0.124. The van der Waals surface area contributed by atoms with Crippen LogP contribution in [-0.2, 0) is 23.8 Å². The topological polar surface area (TPSA) is 159 Å². The molecule has 3 aromatic heterocycles. The van der Waals surface area contributed by atoms with Crippen molar-refractivity contribution in [2.75, 3.05) is 51.9 Å². The Balaban J connectivity index is 1.02. The molecule has 0 saturated heterocycles. The van der Waals surface area contributed by atoms with E-state index in [0.717, 1.165) is 60.2 Å². The molecule has 4 N–H and O–H groups in total. The third-order valence-electron chi connectivity index (χ3n) is 8.63. The van der Waals surface area contributed by atoms with Gasteiger partial charge in [0.1, 0.15) is 29.1 Å². The molecule has 4 aromatic rings. The summed E-state index contributed by atoms with van der Waals surface area (Å²) in [5, 5.41) is 8.46. The number of nitrogens with zero attached hydrogens (tertiary/aromatic N) is 4. The molecular formula is C34H47N7O5. The van der Waals surface area contributed by atoms with E-state index in [1.807, 2.05) is 17.5 Å². The Morgan fingerprint density at radius 1 is 1.02 bits per heavy atom. The number of aromatic nitrogens is 5. The van der Waals surface area contributed by atoms with Gasteiger partial charge in [0.2, 0.25) is 5.91 Å². The van der Waals surface area contributed by atoms with Crippen LogP contribution in [0.25, 0.3) is 27.8 Å². The normalized spacial score (nSPS) is 16.7. The summed E-state index contributed by atoms with van der Waals surface area (Å²) in [7, 11) is 0. The van der Waals surface area contributed by atoms with Gasteiger partial charge in [-0.3, -0.25) is 9.59 Å².